The van der Waals surface area contributed by atoms with Crippen molar-refractivity contribution in [3.63, 3.8) is 0 Å². The van der Waals surface area contributed by atoms with Gasteiger partial charge in [0.25, 0.3) is 0 Å². The van der Waals surface area contributed by atoms with E-state index in [1.807, 2.05) is 36.4 Å². The Morgan fingerprint density at radius 1 is 0.406 bits per heavy atom. The van der Waals surface area contributed by atoms with Gasteiger partial charge in [0.05, 0.1) is 22.8 Å². The zero-order chi connectivity index (χ0) is 45.6. The molecule has 0 amide bonds. The van der Waals surface area contributed by atoms with Gasteiger partial charge in [0.1, 0.15) is 22.7 Å². The monoisotopic (exact) mass is 1030 g/mol. The largest absolute Gasteiger partial charge is 0.507 e. The van der Waals surface area contributed by atoms with E-state index in [1.54, 1.807) is 12.1 Å². The molecule has 0 aliphatic heterocycles. The van der Waals surface area contributed by atoms with Gasteiger partial charge in [-0.05, 0) is 146 Å². The van der Waals surface area contributed by atoms with Crippen molar-refractivity contribution in [2.24, 2.45) is 0 Å². The van der Waals surface area contributed by atoms with E-state index in [-0.39, 0.29) is 54.2 Å². The molecule has 0 spiro atoms. The first-order valence-electron chi connectivity index (χ1n) is 22.2. The maximum absolute atomic E-state index is 11.8. The molecule has 0 aliphatic rings. The minimum absolute atomic E-state index is 0. The van der Waals surface area contributed by atoms with E-state index in [2.05, 4.69) is 158 Å². The van der Waals surface area contributed by atoms with Crippen LogP contribution in [0, 0.1) is 13.8 Å². The second-order valence-electron chi connectivity index (χ2n) is 21.7. The number of aromatic nitrogens is 2. The Morgan fingerprint density at radius 3 is 1.47 bits per heavy atom. The molecule has 8 rings (SSSR count). The number of hydrogen-bond acceptors (Lipinski definition) is 5. The van der Waals surface area contributed by atoms with Crippen LogP contribution >= 0.6 is 0 Å². The Hall–Kier alpha value is -5.51. The van der Waals surface area contributed by atoms with Crippen molar-refractivity contribution >= 4 is 21.9 Å². The van der Waals surface area contributed by atoms with E-state index in [9.17, 15) is 10.2 Å². The Balaban J connectivity index is 0.00000612. The normalized spacial score (nSPS) is 12.5. The van der Waals surface area contributed by atoms with Crippen molar-refractivity contribution in [1.29, 1.82) is 0 Å². The predicted octanol–water partition coefficient (Wildman–Crippen LogP) is 15.9. The fraction of sp³-hybridized carbons (Fsp3) is 0.310. The third-order valence-corrected chi connectivity index (χ3v) is 12.5. The van der Waals surface area contributed by atoms with Crippen molar-refractivity contribution in [3.05, 3.63) is 143 Å². The quantitative estimate of drug-likeness (QED) is 0.180. The van der Waals surface area contributed by atoms with Crippen molar-refractivity contribution in [3.8, 4) is 67.7 Å². The average Bonchev–Trinajstić information content (AvgIpc) is 3.56. The fourth-order valence-corrected chi connectivity index (χ4v) is 8.57. The Labute approximate surface area is 394 Å². The number of furan rings is 1. The molecule has 3 heterocycles. The number of hydrogen-bond donors (Lipinski definition) is 2. The van der Waals surface area contributed by atoms with Gasteiger partial charge in [0.2, 0.25) is 0 Å². The second kappa shape index (κ2) is 16.5. The summed E-state index contributed by atoms with van der Waals surface area (Å²) in [6.07, 6.45) is 0. The number of aromatic hydroxyl groups is 2. The smallest absolute Gasteiger partial charge is 0.136 e. The zero-order valence-electron chi connectivity index (χ0n) is 39.9. The van der Waals surface area contributed by atoms with Gasteiger partial charge in [-0.3, -0.25) is 0 Å². The van der Waals surface area contributed by atoms with Crippen LogP contribution in [0.1, 0.15) is 116 Å². The van der Waals surface area contributed by atoms with Crippen LogP contribution in [0.3, 0.4) is 0 Å². The number of nitrogens with zero attached hydrogens (tertiary/aromatic N) is 2. The van der Waals surface area contributed by atoms with Crippen LogP contribution in [0.5, 0.6) is 11.5 Å². The van der Waals surface area contributed by atoms with Gasteiger partial charge in [-0.15, -0.1) is 0 Å². The third kappa shape index (κ3) is 9.07. The van der Waals surface area contributed by atoms with Crippen molar-refractivity contribution in [2.45, 2.75) is 119 Å². The number of fused-ring (bicyclic) bond motifs is 3. The molecule has 0 unspecified atom stereocenters. The minimum Gasteiger partial charge on any atom is -0.507 e. The SMILES string of the molecule is Cc1cc(C(C)(C)C)cc(C)c1-c1ccc(O)c(-c2cc(C(C)(C)C)cc(-c3cc(-c4cc(C(C)(C)C)cc(C(C)(C)C)c4)cc(-c4cc5oc6ccccc6c5cc4O)n3)n2)c1.[Pt]. The summed E-state index contributed by atoms with van der Waals surface area (Å²) in [5.41, 5.74) is 16.2. The first kappa shape index (κ1) is 46.5. The molecule has 5 aromatic carbocycles. The van der Waals surface area contributed by atoms with E-state index in [4.69, 9.17) is 14.4 Å². The first-order valence-corrected chi connectivity index (χ1v) is 22.2. The average molecular weight is 1030 g/mol. The van der Waals surface area contributed by atoms with Crippen LogP contribution in [0.4, 0.5) is 0 Å². The van der Waals surface area contributed by atoms with Crippen molar-refractivity contribution < 1.29 is 35.7 Å². The minimum atomic E-state index is -0.261. The molecule has 6 heteroatoms. The van der Waals surface area contributed by atoms with Gasteiger partial charge < -0.3 is 14.6 Å². The predicted molar refractivity (Wildman–Crippen MR) is 264 cm³/mol. The van der Waals surface area contributed by atoms with Gasteiger partial charge in [0, 0.05) is 43.0 Å². The number of phenolic OH excluding ortho intramolecular Hbond substituents is 2. The molecule has 5 nitrogen and oxygen atoms in total. The summed E-state index contributed by atoms with van der Waals surface area (Å²) in [6, 6.07) is 37.3. The maximum atomic E-state index is 11.8. The number of para-hydroxylation sites is 1. The molecule has 0 atom stereocenters. The van der Waals surface area contributed by atoms with Crippen LogP contribution in [-0.2, 0) is 42.7 Å². The van der Waals surface area contributed by atoms with E-state index >= 15 is 0 Å². The molecule has 0 saturated heterocycles. The number of pyridine rings is 2. The summed E-state index contributed by atoms with van der Waals surface area (Å²) < 4.78 is 6.34. The van der Waals surface area contributed by atoms with Crippen LogP contribution < -0.4 is 0 Å². The summed E-state index contributed by atoms with van der Waals surface area (Å²) in [5.74, 6) is 0.272. The summed E-state index contributed by atoms with van der Waals surface area (Å²) in [4.78, 5) is 10.7. The molecule has 0 radical (unpaired) electrons. The van der Waals surface area contributed by atoms with Crippen LogP contribution in [0.15, 0.2) is 114 Å². The molecular formula is C58H62N2O3Pt. The molecule has 0 aliphatic carbocycles. The van der Waals surface area contributed by atoms with Gasteiger partial charge >= 0.3 is 0 Å². The summed E-state index contributed by atoms with van der Waals surface area (Å²) in [7, 11) is 0. The summed E-state index contributed by atoms with van der Waals surface area (Å²) in [6.45, 7) is 31.1. The third-order valence-electron chi connectivity index (χ3n) is 12.5. The van der Waals surface area contributed by atoms with E-state index in [1.165, 1.54) is 27.8 Å². The van der Waals surface area contributed by atoms with Crippen LogP contribution in [0.2, 0.25) is 0 Å². The number of aryl methyl sites for hydroxylation is 2. The van der Waals surface area contributed by atoms with Gasteiger partial charge in [-0.1, -0.05) is 138 Å². The molecular weight excluding hydrogens is 968 g/mol. The molecule has 3 aromatic heterocycles. The van der Waals surface area contributed by atoms with E-state index < -0.39 is 0 Å². The van der Waals surface area contributed by atoms with Crippen LogP contribution in [-0.4, -0.2) is 20.2 Å². The van der Waals surface area contributed by atoms with Gasteiger partial charge in [-0.25, -0.2) is 9.97 Å². The number of rotatable bonds is 5. The maximum Gasteiger partial charge on any atom is 0.136 e. The first-order chi connectivity index (χ1) is 29.3. The Bertz CT molecular complexity index is 3040. The standard InChI is InChI=1S/C58H62N2O3.Pt/c1-33-21-38(55(3,4)5)22-34(2)54(33)35-19-20-50(61)44(25-35)47-29-41(58(12,13)14)30-49(60-47)48-27-37(36-23-39(56(6,7)8)28-40(24-36)57(9,10)11)26-46(59-48)45-32-53-43(31-51(45)62)42-17-15-16-18-52(42)63-53;/h15-32,61-62H,1-14H3;. The molecule has 0 fully saturated rings. The second-order valence-corrected chi connectivity index (χ2v) is 21.7. The fourth-order valence-electron chi connectivity index (χ4n) is 8.57. The molecule has 8 aromatic rings. The summed E-state index contributed by atoms with van der Waals surface area (Å²) in [5, 5.41) is 25.2. The van der Waals surface area contributed by atoms with E-state index in [0.717, 1.165) is 44.2 Å². The molecule has 0 saturated carbocycles. The Kier molecular flexibility index (Phi) is 12.0. The topological polar surface area (TPSA) is 79.4 Å². The van der Waals surface area contributed by atoms with Crippen molar-refractivity contribution in [2.75, 3.05) is 0 Å². The molecule has 332 valence electrons. The van der Waals surface area contributed by atoms with Gasteiger partial charge in [-0.2, -0.15) is 0 Å². The molecule has 2 N–H and O–H groups in total. The van der Waals surface area contributed by atoms with Crippen molar-refractivity contribution in [1.82, 2.24) is 9.97 Å². The number of benzene rings is 5. The Morgan fingerprint density at radius 2 is 0.875 bits per heavy atom. The summed E-state index contributed by atoms with van der Waals surface area (Å²) >= 11 is 0. The van der Waals surface area contributed by atoms with Crippen LogP contribution in [0.25, 0.3) is 78.1 Å². The number of phenols is 2. The van der Waals surface area contributed by atoms with E-state index in [0.29, 0.717) is 39.5 Å². The molecule has 0 bridgehead atoms. The zero-order valence-corrected chi connectivity index (χ0v) is 42.2. The van der Waals surface area contributed by atoms with Gasteiger partial charge in [0.15, 0.2) is 0 Å². The molecule has 64 heavy (non-hydrogen) atoms.